The molecule has 2 rings (SSSR count). The van der Waals surface area contributed by atoms with E-state index in [1.165, 1.54) is 372 Å². The maximum atomic E-state index is 13.0. The van der Waals surface area contributed by atoms with Crippen molar-refractivity contribution >= 4 is 11.8 Å². The second-order valence-corrected chi connectivity index (χ2v) is 36.9. The van der Waals surface area contributed by atoms with Crippen LogP contribution in [0.5, 0.6) is 0 Å². The number of aliphatic hydroxyl groups is 12. The van der Waals surface area contributed by atoms with Crippen LogP contribution in [0.15, 0.2) is 0 Å². The van der Waals surface area contributed by atoms with Gasteiger partial charge in [-0.05, 0) is 25.7 Å². The molecule has 2 amide bonds. The topological polar surface area (TPSA) is 338 Å². The summed E-state index contributed by atoms with van der Waals surface area (Å²) in [5, 5.41) is 131. The second-order valence-electron chi connectivity index (χ2n) is 36.9. The first kappa shape index (κ1) is 116. The Kier molecular flexibility index (Phi) is 82.8. The van der Waals surface area contributed by atoms with E-state index in [2.05, 4.69) is 38.3 Å². The Labute approximate surface area is 735 Å². The van der Waals surface area contributed by atoms with Crippen molar-refractivity contribution in [2.24, 2.45) is 0 Å². The third-order valence-corrected chi connectivity index (χ3v) is 25.6. The smallest absolute Gasteiger partial charge is 0.220 e. The van der Waals surface area contributed by atoms with Gasteiger partial charge in [-0.3, -0.25) is 9.59 Å². The lowest BCUT2D eigenvalue weighted by Crippen LogP contribution is -2.60. The van der Waals surface area contributed by atoms with Gasteiger partial charge in [0.25, 0.3) is 0 Å². The maximum absolute atomic E-state index is 13.0. The van der Waals surface area contributed by atoms with E-state index in [1.54, 1.807) is 0 Å². The van der Waals surface area contributed by atoms with Crippen LogP contribution in [0.3, 0.4) is 0 Å². The number of unbranched alkanes of at least 4 members (excludes halogenated alkanes) is 66. The fourth-order valence-electron chi connectivity index (χ4n) is 17.2. The molecule has 2 heterocycles. The molecule has 2 fully saturated rings. The van der Waals surface area contributed by atoms with Crippen molar-refractivity contribution < 1.29 is 89.8 Å². The molecule has 14 N–H and O–H groups in total. The van der Waals surface area contributed by atoms with Crippen LogP contribution in [0.4, 0.5) is 0 Å². The summed E-state index contributed by atoms with van der Waals surface area (Å²) in [4.78, 5) is 26.1. The fraction of sp³-hybridized carbons (Fsp3) is 0.980. The van der Waals surface area contributed by atoms with E-state index in [0.717, 1.165) is 77.0 Å². The van der Waals surface area contributed by atoms with Crippen molar-refractivity contribution in [2.75, 3.05) is 26.4 Å². The van der Waals surface area contributed by atoms with E-state index in [1.807, 2.05) is 0 Å². The van der Waals surface area contributed by atoms with Gasteiger partial charge >= 0.3 is 0 Å². The van der Waals surface area contributed by atoms with Crippen molar-refractivity contribution in [3.05, 3.63) is 0 Å². The van der Waals surface area contributed by atoms with Crippen LogP contribution in [0, 0.1) is 0 Å². The summed E-state index contributed by atoms with van der Waals surface area (Å²) in [6.45, 7) is 7.26. The van der Waals surface area contributed by atoms with Crippen LogP contribution in [-0.4, -0.2) is 197 Å². The third-order valence-electron chi connectivity index (χ3n) is 25.6. The fourth-order valence-corrected chi connectivity index (χ4v) is 17.2. The zero-order chi connectivity index (χ0) is 87.8. The number of aliphatic hydroxyl groups excluding tert-OH is 12. The minimum absolute atomic E-state index is 0.252. The Morgan fingerprint density at radius 3 is 0.617 bits per heavy atom. The predicted octanol–water partition coefficient (Wildman–Crippen LogP) is 21.0. The van der Waals surface area contributed by atoms with E-state index in [-0.39, 0.29) is 37.9 Å². The van der Waals surface area contributed by atoms with Gasteiger partial charge in [0.1, 0.15) is 61.0 Å². The molecule has 20 heteroatoms. The monoisotopic (exact) mass is 1720 g/mol. The highest BCUT2D eigenvalue weighted by Crippen LogP contribution is 2.28. The van der Waals surface area contributed by atoms with Gasteiger partial charge in [-0.15, -0.1) is 0 Å². The van der Waals surface area contributed by atoms with Crippen LogP contribution >= 0.6 is 0 Å². The van der Waals surface area contributed by atoms with Gasteiger partial charge in [-0.1, -0.05) is 464 Å². The lowest BCUT2D eigenvalue weighted by Gasteiger charge is -2.40. The Morgan fingerprint density at radius 1 is 0.258 bits per heavy atom. The molecule has 0 aromatic heterocycles. The molecular weight excluding hydrogens is 1520 g/mol. The molecule has 20 nitrogen and oxygen atoms in total. The second kappa shape index (κ2) is 85.4. The lowest BCUT2D eigenvalue weighted by molar-refractivity contribution is -0.303. The number of carbonyl (C=O) groups is 2. The summed E-state index contributed by atoms with van der Waals surface area (Å²) in [6, 6.07) is -1.97. The summed E-state index contributed by atoms with van der Waals surface area (Å²) in [5.74, 6) is -0.505. The van der Waals surface area contributed by atoms with Crippen molar-refractivity contribution in [3.8, 4) is 0 Å². The normalized spacial score (nSPS) is 21.0. The van der Waals surface area contributed by atoms with Crippen LogP contribution in [0.25, 0.3) is 0 Å². The van der Waals surface area contributed by atoms with E-state index >= 15 is 0 Å². The molecule has 2 aliphatic heterocycles. The first-order chi connectivity index (χ1) is 58.5. The van der Waals surface area contributed by atoms with Crippen LogP contribution < -0.4 is 10.6 Å². The predicted molar refractivity (Wildman–Crippen MR) is 492 cm³/mol. The molecule has 0 aliphatic carbocycles. The number of carbonyl (C=O) groups excluding carboxylic acids is 2. The van der Waals surface area contributed by atoms with Gasteiger partial charge in [0.05, 0.1) is 50.7 Å². The molecule has 0 saturated carbocycles. The van der Waals surface area contributed by atoms with Gasteiger partial charge < -0.3 is 90.9 Å². The highest BCUT2D eigenvalue weighted by atomic mass is 16.7. The molecule has 0 bridgehead atoms. The lowest BCUT2D eigenvalue weighted by atomic mass is 9.98. The zero-order valence-corrected chi connectivity index (χ0v) is 78.2. The first-order valence-electron chi connectivity index (χ1n) is 51.7. The molecule has 0 spiro atoms. The quantitative estimate of drug-likeness (QED) is 0.0252. The number of nitrogens with one attached hydrogen (secondary N) is 2. The highest BCUT2D eigenvalue weighted by molar-refractivity contribution is 5.76. The molecule has 0 radical (unpaired) electrons. The van der Waals surface area contributed by atoms with E-state index in [9.17, 15) is 70.9 Å². The summed E-state index contributed by atoms with van der Waals surface area (Å²) in [5.41, 5.74) is 0. The van der Waals surface area contributed by atoms with Gasteiger partial charge in [-0.2, -0.15) is 0 Å². The summed E-state index contributed by atoms with van der Waals surface area (Å²) in [6.07, 6.45) is 70.9. The summed E-state index contributed by atoms with van der Waals surface area (Å²) < 4.78 is 22.4. The number of rotatable bonds is 88. The van der Waals surface area contributed by atoms with Gasteiger partial charge in [0, 0.05) is 12.8 Å². The highest BCUT2D eigenvalue weighted by Gasteiger charge is 2.46. The zero-order valence-electron chi connectivity index (χ0n) is 78.2. The largest absolute Gasteiger partial charge is 0.394 e. The molecule has 716 valence electrons. The molecule has 120 heavy (non-hydrogen) atoms. The molecular formula is C100H198N2O18. The number of amides is 2. The first-order valence-corrected chi connectivity index (χ1v) is 51.7. The minimum atomic E-state index is -1.60. The standard InChI is InChI=1S/2C50H99NO9/c2*1-3-5-7-9-11-13-15-17-18-19-20-21-22-23-24-25-26-27-29-31-33-35-37-39-45(54)51-42(41-59-50-49(58)48(57)47(56)44(40-52)60-50)46(55)43(53)38-36-34-32-30-28-16-14-12-10-8-6-4-2/h2*42-44,46-50,52-53,55-58H,3-41H2,1-2H3,(H,51,54)/t2*42-,43+,44?,46-,47?,48?,49?,50?/m00/s1. The third kappa shape index (κ3) is 64.9. The van der Waals surface area contributed by atoms with E-state index in [0.29, 0.717) is 12.8 Å². The summed E-state index contributed by atoms with van der Waals surface area (Å²) in [7, 11) is 0. The summed E-state index contributed by atoms with van der Waals surface area (Å²) >= 11 is 0. The van der Waals surface area contributed by atoms with Gasteiger partial charge in [0.15, 0.2) is 12.6 Å². The van der Waals surface area contributed by atoms with Crippen molar-refractivity contribution in [1.82, 2.24) is 10.6 Å². The Hall–Kier alpha value is -1.70. The van der Waals surface area contributed by atoms with Crippen LogP contribution in [0.1, 0.15) is 503 Å². The Bertz CT molecular complexity index is 2000. The average molecular weight is 1720 g/mol. The van der Waals surface area contributed by atoms with Crippen molar-refractivity contribution in [1.29, 1.82) is 0 Å². The SMILES string of the molecule is CCCCCCCCCCCCCCCCCCCCCCCCCC(=O)N[C@@H](COC1OC(CO)C(O)C(O)C1O)[C@H](O)[C@H](O)CCCCCCCCCCCCCC.CCCCCCCCCCCCCCCCCCCCCCCCCC(=O)N[C@@H](COC1OC(CO)C(O)C(O)C1O)[C@H](O)[C@H](O)CCCCCCCCCCCCCC. The van der Waals surface area contributed by atoms with Crippen LogP contribution in [0.2, 0.25) is 0 Å². The molecule has 2 aliphatic rings. The Morgan fingerprint density at radius 2 is 0.433 bits per heavy atom. The van der Waals surface area contributed by atoms with Crippen molar-refractivity contribution in [2.45, 2.75) is 601 Å². The van der Waals surface area contributed by atoms with Crippen molar-refractivity contribution in [3.63, 3.8) is 0 Å². The Balaban J connectivity index is 0.00000120. The molecule has 0 aromatic rings. The minimum Gasteiger partial charge on any atom is -0.394 e. The maximum Gasteiger partial charge on any atom is 0.220 e. The number of hydrogen-bond donors (Lipinski definition) is 14. The number of hydrogen-bond acceptors (Lipinski definition) is 18. The van der Waals surface area contributed by atoms with Crippen LogP contribution in [-0.2, 0) is 28.5 Å². The van der Waals surface area contributed by atoms with Gasteiger partial charge in [-0.25, -0.2) is 0 Å². The molecule has 2 saturated heterocycles. The average Bonchev–Trinajstić information content (AvgIpc) is 0.822. The molecule has 0 aromatic carbocycles. The van der Waals surface area contributed by atoms with E-state index in [4.69, 9.17) is 18.9 Å². The number of ether oxygens (including phenoxy) is 4. The molecule has 16 atom stereocenters. The van der Waals surface area contributed by atoms with E-state index < -0.39 is 111 Å². The van der Waals surface area contributed by atoms with Gasteiger partial charge in [0.2, 0.25) is 11.8 Å². The molecule has 10 unspecified atom stereocenters.